The molecule has 0 aliphatic rings. The summed E-state index contributed by atoms with van der Waals surface area (Å²) in [5.74, 6) is -0.118. The van der Waals surface area contributed by atoms with E-state index in [2.05, 4.69) is 9.79 Å². The molecule has 0 spiro atoms. The van der Waals surface area contributed by atoms with Crippen LogP contribution < -0.4 is 15.4 Å². The van der Waals surface area contributed by atoms with Gasteiger partial charge in [-0.25, -0.2) is 4.79 Å². The maximum Gasteiger partial charge on any atom is 0.427 e. The van der Waals surface area contributed by atoms with E-state index in [1.165, 1.54) is 23.0 Å². The number of nitrogens with zero attached hydrogens (tertiary/aromatic N) is 1. The summed E-state index contributed by atoms with van der Waals surface area (Å²) in [4.78, 5) is 10.7. The summed E-state index contributed by atoms with van der Waals surface area (Å²) in [6.07, 6.45) is 1.22. The highest BCUT2D eigenvalue weighted by molar-refractivity contribution is 5.30. The zero-order valence-corrected chi connectivity index (χ0v) is 6.56. The second-order valence-corrected chi connectivity index (χ2v) is 2.51. The SMILES string of the molecule is O=c1c[n+](-c2cccc([O-])c2)[nH]o1. The van der Waals surface area contributed by atoms with E-state index in [-0.39, 0.29) is 5.75 Å². The van der Waals surface area contributed by atoms with Gasteiger partial charge in [-0.05, 0) is 9.95 Å². The second kappa shape index (κ2) is 2.78. The highest BCUT2D eigenvalue weighted by atomic mass is 16.5. The number of hydrogen-bond acceptors (Lipinski definition) is 3. The van der Waals surface area contributed by atoms with E-state index in [9.17, 15) is 9.90 Å². The number of nitrogens with one attached hydrogen (secondary N) is 1. The van der Waals surface area contributed by atoms with E-state index in [0.717, 1.165) is 0 Å². The minimum absolute atomic E-state index is 0.118. The van der Waals surface area contributed by atoms with Crippen molar-refractivity contribution in [2.24, 2.45) is 0 Å². The van der Waals surface area contributed by atoms with Gasteiger partial charge in [0, 0.05) is 12.1 Å². The molecule has 13 heavy (non-hydrogen) atoms. The molecule has 1 aromatic carbocycles. The van der Waals surface area contributed by atoms with Crippen molar-refractivity contribution in [2.75, 3.05) is 0 Å². The van der Waals surface area contributed by atoms with Crippen molar-refractivity contribution >= 4 is 0 Å². The molecule has 1 heterocycles. The molecule has 5 heteroatoms. The monoisotopic (exact) mass is 178 g/mol. The fourth-order valence-corrected chi connectivity index (χ4v) is 1.01. The van der Waals surface area contributed by atoms with E-state index in [4.69, 9.17) is 0 Å². The van der Waals surface area contributed by atoms with Crippen LogP contribution in [-0.4, -0.2) is 5.27 Å². The molecular formula is C8H6N2O3. The first-order valence-electron chi connectivity index (χ1n) is 3.63. The van der Waals surface area contributed by atoms with E-state index >= 15 is 0 Å². The van der Waals surface area contributed by atoms with Crippen LogP contribution in [0.15, 0.2) is 39.8 Å². The highest BCUT2D eigenvalue weighted by Crippen LogP contribution is 2.05. The van der Waals surface area contributed by atoms with Crippen LogP contribution in [0.25, 0.3) is 5.69 Å². The fraction of sp³-hybridized carbons (Fsp3) is 0. The molecule has 2 rings (SSSR count). The van der Waals surface area contributed by atoms with Gasteiger partial charge in [-0.2, -0.15) is 0 Å². The molecule has 0 atom stereocenters. The van der Waals surface area contributed by atoms with Crippen LogP contribution in [0, 0.1) is 0 Å². The Labute approximate surface area is 72.8 Å². The van der Waals surface area contributed by atoms with Crippen LogP contribution in [0.2, 0.25) is 0 Å². The van der Waals surface area contributed by atoms with Crippen molar-refractivity contribution in [3.05, 3.63) is 40.9 Å². The Morgan fingerprint density at radius 2 is 2.31 bits per heavy atom. The lowest BCUT2D eigenvalue weighted by Gasteiger charge is -2.00. The summed E-state index contributed by atoms with van der Waals surface area (Å²) < 4.78 is 5.78. The van der Waals surface area contributed by atoms with Gasteiger partial charge in [-0.1, -0.05) is 12.1 Å². The molecule has 0 unspecified atom stereocenters. The van der Waals surface area contributed by atoms with Gasteiger partial charge in [0.15, 0.2) is 0 Å². The second-order valence-electron chi connectivity index (χ2n) is 2.51. The molecule has 2 aromatic rings. The molecule has 0 radical (unpaired) electrons. The van der Waals surface area contributed by atoms with E-state index in [0.29, 0.717) is 5.69 Å². The average molecular weight is 178 g/mol. The quantitative estimate of drug-likeness (QED) is 0.588. The highest BCUT2D eigenvalue weighted by Gasteiger charge is 2.08. The van der Waals surface area contributed by atoms with Crippen molar-refractivity contribution in [3.8, 4) is 11.4 Å². The Hall–Kier alpha value is -2.04. The Bertz CT molecular complexity index is 472. The van der Waals surface area contributed by atoms with Crippen molar-refractivity contribution in [1.29, 1.82) is 0 Å². The molecule has 0 fully saturated rings. The smallest absolute Gasteiger partial charge is 0.427 e. The van der Waals surface area contributed by atoms with E-state index < -0.39 is 5.63 Å². The average Bonchev–Trinajstić information content (AvgIpc) is 2.52. The first-order chi connectivity index (χ1) is 6.25. The summed E-state index contributed by atoms with van der Waals surface area (Å²) in [6.45, 7) is 0. The van der Waals surface area contributed by atoms with Gasteiger partial charge < -0.3 is 5.11 Å². The van der Waals surface area contributed by atoms with Gasteiger partial charge in [-0.3, -0.25) is 4.52 Å². The Morgan fingerprint density at radius 3 is 2.92 bits per heavy atom. The van der Waals surface area contributed by atoms with Crippen molar-refractivity contribution in [3.63, 3.8) is 0 Å². The van der Waals surface area contributed by atoms with Crippen molar-refractivity contribution in [1.82, 2.24) is 5.27 Å². The Morgan fingerprint density at radius 1 is 1.46 bits per heavy atom. The Balaban J connectivity index is 2.52. The maximum absolute atomic E-state index is 10.9. The zero-order chi connectivity index (χ0) is 9.26. The lowest BCUT2D eigenvalue weighted by Crippen LogP contribution is -2.32. The molecule has 0 saturated carbocycles. The molecule has 0 aliphatic carbocycles. The summed E-state index contributed by atoms with van der Waals surface area (Å²) in [5.41, 5.74) is 0.0784. The third-order valence-corrected chi connectivity index (χ3v) is 1.57. The van der Waals surface area contributed by atoms with Gasteiger partial charge in [-0.15, -0.1) is 5.75 Å². The van der Waals surface area contributed by atoms with Crippen molar-refractivity contribution < 1.29 is 14.3 Å². The zero-order valence-electron chi connectivity index (χ0n) is 6.56. The molecular weight excluding hydrogens is 172 g/mol. The summed E-state index contributed by atoms with van der Waals surface area (Å²) in [6, 6.07) is 6.12. The number of aromatic amines is 1. The van der Waals surface area contributed by atoms with E-state index in [1.807, 2.05) is 0 Å². The third kappa shape index (κ3) is 1.44. The molecule has 66 valence electrons. The third-order valence-electron chi connectivity index (χ3n) is 1.57. The lowest BCUT2D eigenvalue weighted by atomic mass is 10.3. The van der Waals surface area contributed by atoms with Gasteiger partial charge in [0.05, 0.1) is 0 Å². The predicted molar refractivity (Wildman–Crippen MR) is 40.3 cm³/mol. The Kier molecular flexibility index (Phi) is 1.63. The minimum Gasteiger partial charge on any atom is -0.872 e. The lowest BCUT2D eigenvalue weighted by molar-refractivity contribution is -0.670. The topological polar surface area (TPSA) is 72.9 Å². The van der Waals surface area contributed by atoms with Crippen molar-refractivity contribution in [2.45, 2.75) is 0 Å². The van der Waals surface area contributed by atoms with Gasteiger partial charge in [0.25, 0.3) is 6.20 Å². The van der Waals surface area contributed by atoms with Crippen LogP contribution in [0.1, 0.15) is 0 Å². The van der Waals surface area contributed by atoms with Crippen LogP contribution >= 0.6 is 0 Å². The number of hydrogen-bond donors (Lipinski definition) is 1. The molecule has 0 amide bonds. The minimum atomic E-state index is -0.490. The molecule has 5 nitrogen and oxygen atoms in total. The predicted octanol–water partition coefficient (Wildman–Crippen LogP) is -0.682. The first-order valence-corrected chi connectivity index (χ1v) is 3.63. The number of aromatic nitrogens is 2. The molecule has 0 aliphatic heterocycles. The largest absolute Gasteiger partial charge is 0.872 e. The van der Waals surface area contributed by atoms with Crippen LogP contribution in [0.5, 0.6) is 5.75 Å². The summed E-state index contributed by atoms with van der Waals surface area (Å²) >= 11 is 0. The summed E-state index contributed by atoms with van der Waals surface area (Å²) in [5, 5.41) is 13.3. The van der Waals surface area contributed by atoms with Gasteiger partial charge in [0.2, 0.25) is 5.69 Å². The fourth-order valence-electron chi connectivity index (χ4n) is 1.01. The molecule has 0 saturated heterocycles. The molecule has 1 N–H and O–H groups in total. The normalized spacial score (nSPS) is 10.2. The van der Waals surface area contributed by atoms with Crippen LogP contribution in [-0.2, 0) is 0 Å². The first kappa shape index (κ1) is 7.60. The number of H-pyrrole nitrogens is 1. The number of benzene rings is 1. The van der Waals surface area contributed by atoms with Crippen LogP contribution in [0.4, 0.5) is 0 Å². The van der Waals surface area contributed by atoms with E-state index in [1.54, 1.807) is 12.1 Å². The van der Waals surface area contributed by atoms with Gasteiger partial charge in [0.1, 0.15) is 0 Å². The van der Waals surface area contributed by atoms with Gasteiger partial charge >= 0.3 is 5.63 Å². The number of rotatable bonds is 1. The maximum atomic E-state index is 10.9. The molecule has 0 bridgehead atoms. The standard InChI is InChI=1S/C8H6N2O3/c11-7-3-1-2-6(4-7)10-5-8(12)13-9-10/h1-5H,(H-,9,11,12). The summed E-state index contributed by atoms with van der Waals surface area (Å²) in [7, 11) is 0. The van der Waals surface area contributed by atoms with Crippen LogP contribution in [0.3, 0.4) is 0 Å². The molecule has 1 aromatic heterocycles.